The summed E-state index contributed by atoms with van der Waals surface area (Å²) in [4.78, 5) is 25.4. The minimum atomic E-state index is -0.466. The van der Waals surface area contributed by atoms with Crippen LogP contribution in [0.3, 0.4) is 0 Å². The Hall–Kier alpha value is -1.95. The summed E-state index contributed by atoms with van der Waals surface area (Å²) in [5.41, 5.74) is 0.926. The van der Waals surface area contributed by atoms with E-state index in [1.165, 1.54) is 24.4 Å². The highest BCUT2D eigenvalue weighted by Gasteiger charge is 2.10. The molecule has 0 atom stereocenters. The summed E-state index contributed by atoms with van der Waals surface area (Å²) in [6, 6.07) is 5.45. The van der Waals surface area contributed by atoms with Crippen molar-refractivity contribution in [2.24, 2.45) is 0 Å². The zero-order valence-electron chi connectivity index (χ0n) is 9.96. The van der Waals surface area contributed by atoms with Crippen LogP contribution >= 0.6 is 15.9 Å². The molecule has 0 spiro atoms. The van der Waals surface area contributed by atoms with Crippen LogP contribution in [0.1, 0.15) is 15.9 Å². The highest BCUT2D eigenvalue weighted by Crippen LogP contribution is 2.24. The lowest BCUT2D eigenvalue weighted by Crippen LogP contribution is -2.16. The van der Waals surface area contributed by atoms with E-state index in [-0.39, 0.29) is 11.1 Å². The third-order valence-electron chi connectivity index (χ3n) is 2.55. The van der Waals surface area contributed by atoms with E-state index >= 15 is 0 Å². The Balaban J connectivity index is 2.29. The van der Waals surface area contributed by atoms with Crippen LogP contribution in [0.15, 0.2) is 39.7 Å². The molecule has 1 amide bonds. The van der Waals surface area contributed by atoms with Crippen molar-refractivity contribution in [3.8, 4) is 0 Å². The van der Waals surface area contributed by atoms with Crippen molar-refractivity contribution in [2.45, 2.75) is 6.92 Å². The molecule has 1 heterocycles. The van der Waals surface area contributed by atoms with Crippen molar-refractivity contribution in [3.63, 3.8) is 0 Å². The summed E-state index contributed by atoms with van der Waals surface area (Å²) in [6.45, 7) is 1.75. The molecule has 4 nitrogen and oxygen atoms in total. The summed E-state index contributed by atoms with van der Waals surface area (Å²) >= 11 is 3.07. The summed E-state index contributed by atoms with van der Waals surface area (Å²) in [7, 11) is 0. The van der Waals surface area contributed by atoms with Gasteiger partial charge in [0.2, 0.25) is 5.56 Å². The summed E-state index contributed by atoms with van der Waals surface area (Å²) < 4.78 is 13.8. The van der Waals surface area contributed by atoms with E-state index in [4.69, 9.17) is 0 Å². The lowest BCUT2D eigenvalue weighted by atomic mass is 10.2. The van der Waals surface area contributed by atoms with Gasteiger partial charge in [-0.1, -0.05) is 0 Å². The van der Waals surface area contributed by atoms with Gasteiger partial charge in [0.15, 0.2) is 0 Å². The second-order valence-corrected chi connectivity index (χ2v) is 4.83. The van der Waals surface area contributed by atoms with Crippen LogP contribution in [0, 0.1) is 12.7 Å². The number of anilines is 1. The standard InChI is InChI=1S/C13H10BrFN2O2/c1-7-4-9(14)10(15)6-11(7)17-13(19)8-2-3-16-12(18)5-8/h2-6H,1H3,(H,16,18)(H,17,19). The monoisotopic (exact) mass is 324 g/mol. The van der Waals surface area contributed by atoms with Crippen LogP contribution in [0.4, 0.5) is 10.1 Å². The average Bonchev–Trinajstić information content (AvgIpc) is 2.36. The average molecular weight is 325 g/mol. The third kappa shape index (κ3) is 3.08. The van der Waals surface area contributed by atoms with E-state index < -0.39 is 11.7 Å². The first kappa shape index (κ1) is 13.5. The molecule has 2 aromatic rings. The molecule has 1 aromatic heterocycles. The highest BCUT2D eigenvalue weighted by molar-refractivity contribution is 9.10. The SMILES string of the molecule is Cc1cc(Br)c(F)cc1NC(=O)c1cc[nH]c(=O)c1. The largest absolute Gasteiger partial charge is 0.329 e. The molecule has 0 aliphatic rings. The van der Waals surface area contributed by atoms with Gasteiger partial charge in [-0.15, -0.1) is 0 Å². The first-order valence-corrected chi connectivity index (χ1v) is 6.22. The van der Waals surface area contributed by atoms with E-state index in [2.05, 4.69) is 26.2 Å². The molecule has 19 heavy (non-hydrogen) atoms. The van der Waals surface area contributed by atoms with Crippen molar-refractivity contribution in [2.75, 3.05) is 5.32 Å². The van der Waals surface area contributed by atoms with Gasteiger partial charge in [0.05, 0.1) is 4.47 Å². The molecule has 0 unspecified atom stereocenters. The first-order chi connectivity index (χ1) is 8.97. The molecule has 2 N–H and O–H groups in total. The number of aromatic amines is 1. The molecular formula is C13H10BrFN2O2. The number of hydrogen-bond acceptors (Lipinski definition) is 2. The Bertz CT molecular complexity index is 697. The number of H-pyrrole nitrogens is 1. The number of hydrogen-bond donors (Lipinski definition) is 2. The van der Waals surface area contributed by atoms with Crippen molar-refractivity contribution in [1.82, 2.24) is 4.98 Å². The van der Waals surface area contributed by atoms with E-state index in [0.29, 0.717) is 15.7 Å². The molecule has 98 valence electrons. The van der Waals surface area contributed by atoms with Gasteiger partial charge in [0.1, 0.15) is 5.82 Å². The third-order valence-corrected chi connectivity index (χ3v) is 3.16. The van der Waals surface area contributed by atoms with Crippen LogP contribution in [0.5, 0.6) is 0 Å². The highest BCUT2D eigenvalue weighted by atomic mass is 79.9. The van der Waals surface area contributed by atoms with Gasteiger partial charge in [-0.25, -0.2) is 4.39 Å². The smallest absolute Gasteiger partial charge is 0.255 e. The predicted molar refractivity (Wildman–Crippen MR) is 73.9 cm³/mol. The Labute approximate surface area is 116 Å². The maximum Gasteiger partial charge on any atom is 0.255 e. The lowest BCUT2D eigenvalue weighted by molar-refractivity contribution is 0.102. The van der Waals surface area contributed by atoms with Crippen molar-refractivity contribution < 1.29 is 9.18 Å². The van der Waals surface area contributed by atoms with E-state index in [0.717, 1.165) is 0 Å². The Morgan fingerprint density at radius 2 is 2.11 bits per heavy atom. The van der Waals surface area contributed by atoms with E-state index in [1.807, 2.05) is 0 Å². The minimum absolute atomic E-state index is 0.214. The molecule has 0 aliphatic carbocycles. The second-order valence-electron chi connectivity index (χ2n) is 3.98. The van der Waals surface area contributed by atoms with E-state index in [1.54, 1.807) is 13.0 Å². The maximum atomic E-state index is 13.4. The van der Waals surface area contributed by atoms with E-state index in [9.17, 15) is 14.0 Å². The fourth-order valence-corrected chi connectivity index (χ4v) is 2.02. The quantitative estimate of drug-likeness (QED) is 0.892. The van der Waals surface area contributed by atoms with Gasteiger partial charge in [0, 0.05) is 23.5 Å². The molecule has 0 fully saturated rings. The number of carbonyl (C=O) groups excluding carboxylic acids is 1. The number of aryl methyl sites for hydroxylation is 1. The Kier molecular flexibility index (Phi) is 3.80. The molecule has 0 saturated carbocycles. The molecule has 1 aromatic carbocycles. The Morgan fingerprint density at radius 1 is 1.37 bits per heavy atom. The molecule has 6 heteroatoms. The topological polar surface area (TPSA) is 62.0 Å². The fraction of sp³-hybridized carbons (Fsp3) is 0.0769. The van der Waals surface area contributed by atoms with Crippen LogP contribution in [0.25, 0.3) is 0 Å². The number of halogens is 2. The maximum absolute atomic E-state index is 13.4. The first-order valence-electron chi connectivity index (χ1n) is 5.43. The molecule has 0 aliphatic heterocycles. The van der Waals surface area contributed by atoms with Crippen LogP contribution in [0.2, 0.25) is 0 Å². The lowest BCUT2D eigenvalue weighted by Gasteiger charge is -2.09. The van der Waals surface area contributed by atoms with Crippen LogP contribution < -0.4 is 10.9 Å². The van der Waals surface area contributed by atoms with Gasteiger partial charge in [-0.05, 0) is 46.6 Å². The number of nitrogens with one attached hydrogen (secondary N) is 2. The van der Waals surface area contributed by atoms with Gasteiger partial charge >= 0.3 is 0 Å². The molecule has 2 rings (SSSR count). The van der Waals surface area contributed by atoms with Crippen LogP contribution in [-0.2, 0) is 0 Å². The summed E-state index contributed by atoms with van der Waals surface area (Å²) in [5, 5.41) is 2.57. The molecule has 0 saturated heterocycles. The van der Waals surface area contributed by atoms with Gasteiger partial charge in [-0.3, -0.25) is 9.59 Å². The normalized spacial score (nSPS) is 10.3. The van der Waals surface area contributed by atoms with Gasteiger partial charge < -0.3 is 10.3 Å². The number of benzene rings is 1. The number of amides is 1. The summed E-state index contributed by atoms with van der Waals surface area (Å²) in [6.07, 6.45) is 1.38. The zero-order chi connectivity index (χ0) is 14.0. The van der Waals surface area contributed by atoms with Crippen LogP contribution in [-0.4, -0.2) is 10.9 Å². The molecule has 0 radical (unpaired) electrons. The minimum Gasteiger partial charge on any atom is -0.329 e. The number of pyridine rings is 1. The number of aromatic nitrogens is 1. The predicted octanol–water partition coefficient (Wildman–Crippen LogP) is 2.84. The summed E-state index contributed by atoms with van der Waals surface area (Å²) in [5.74, 6) is -0.928. The molecule has 0 bridgehead atoms. The number of rotatable bonds is 2. The molecular weight excluding hydrogens is 315 g/mol. The Morgan fingerprint density at radius 3 is 2.79 bits per heavy atom. The number of carbonyl (C=O) groups is 1. The van der Waals surface area contributed by atoms with Crippen molar-refractivity contribution in [3.05, 3.63) is 62.2 Å². The van der Waals surface area contributed by atoms with Crippen molar-refractivity contribution >= 4 is 27.5 Å². The van der Waals surface area contributed by atoms with Gasteiger partial charge in [-0.2, -0.15) is 0 Å². The zero-order valence-corrected chi connectivity index (χ0v) is 11.5. The fourth-order valence-electron chi connectivity index (χ4n) is 1.56. The van der Waals surface area contributed by atoms with Gasteiger partial charge in [0.25, 0.3) is 5.91 Å². The second kappa shape index (κ2) is 5.36. The van der Waals surface area contributed by atoms with Crippen molar-refractivity contribution in [1.29, 1.82) is 0 Å².